The topological polar surface area (TPSA) is 84.9 Å². The zero-order chi connectivity index (χ0) is 19.3. The maximum atomic E-state index is 12.5. The van der Waals surface area contributed by atoms with E-state index in [-0.39, 0.29) is 17.4 Å². The highest BCUT2D eigenvalue weighted by Crippen LogP contribution is 2.20. The van der Waals surface area contributed by atoms with Crippen molar-refractivity contribution in [3.63, 3.8) is 0 Å². The van der Waals surface area contributed by atoms with Gasteiger partial charge in [-0.25, -0.2) is 8.42 Å². The van der Waals surface area contributed by atoms with Crippen molar-refractivity contribution < 1.29 is 22.7 Å². The Morgan fingerprint density at radius 3 is 2.52 bits per heavy atom. The second-order valence-corrected chi connectivity index (χ2v) is 7.91. The molecule has 1 amide bonds. The summed E-state index contributed by atoms with van der Waals surface area (Å²) in [5.41, 5.74) is 1.47. The number of morpholine rings is 1. The number of anilines is 1. The van der Waals surface area contributed by atoms with E-state index in [0.29, 0.717) is 37.7 Å². The van der Waals surface area contributed by atoms with Gasteiger partial charge in [-0.1, -0.05) is 12.1 Å². The van der Waals surface area contributed by atoms with Crippen molar-refractivity contribution in [2.24, 2.45) is 0 Å². The fraction of sp³-hybridized carbons (Fsp3) is 0.316. The van der Waals surface area contributed by atoms with Gasteiger partial charge in [-0.2, -0.15) is 0 Å². The molecule has 27 heavy (non-hydrogen) atoms. The lowest BCUT2D eigenvalue weighted by Crippen LogP contribution is -2.42. The van der Waals surface area contributed by atoms with Crippen molar-refractivity contribution in [3.8, 4) is 5.75 Å². The Bertz CT molecular complexity index is 891. The molecule has 2 aromatic carbocycles. The third-order valence-electron chi connectivity index (χ3n) is 4.13. The number of aryl methyl sites for hydroxylation is 1. The molecule has 1 fully saturated rings. The van der Waals surface area contributed by atoms with Crippen LogP contribution >= 0.6 is 0 Å². The van der Waals surface area contributed by atoms with Crippen LogP contribution in [0.1, 0.15) is 5.56 Å². The van der Waals surface area contributed by atoms with Gasteiger partial charge in [0.15, 0.2) is 6.61 Å². The molecule has 0 aromatic heterocycles. The summed E-state index contributed by atoms with van der Waals surface area (Å²) in [6.07, 6.45) is 0. The van der Waals surface area contributed by atoms with Crippen molar-refractivity contribution in [1.82, 2.24) is 4.90 Å². The predicted octanol–water partition coefficient (Wildman–Crippen LogP) is 2.03. The van der Waals surface area contributed by atoms with E-state index in [9.17, 15) is 13.2 Å². The standard InChI is InChI=1S/C19H22N2O5S/c1-15-3-2-4-16(13-15)20-27(23,24)18-7-5-17(6-8-18)26-14-19(22)21-9-11-25-12-10-21/h2-8,13,20H,9-12,14H2,1H3. The van der Waals surface area contributed by atoms with Gasteiger partial charge in [-0.05, 0) is 48.9 Å². The van der Waals surface area contributed by atoms with Gasteiger partial charge in [0.1, 0.15) is 5.75 Å². The molecule has 1 heterocycles. The van der Waals surface area contributed by atoms with E-state index < -0.39 is 10.0 Å². The summed E-state index contributed by atoms with van der Waals surface area (Å²) >= 11 is 0. The minimum atomic E-state index is -3.69. The van der Waals surface area contributed by atoms with Crippen LogP contribution in [0.3, 0.4) is 0 Å². The quantitative estimate of drug-likeness (QED) is 0.816. The lowest BCUT2D eigenvalue weighted by atomic mass is 10.2. The number of carbonyl (C=O) groups is 1. The number of carbonyl (C=O) groups excluding carboxylic acids is 1. The number of hydrogen-bond donors (Lipinski definition) is 1. The SMILES string of the molecule is Cc1cccc(NS(=O)(=O)c2ccc(OCC(=O)N3CCOCC3)cc2)c1. The van der Waals surface area contributed by atoms with E-state index in [4.69, 9.17) is 9.47 Å². The monoisotopic (exact) mass is 390 g/mol. The Labute approximate surface area is 158 Å². The lowest BCUT2D eigenvalue weighted by Gasteiger charge is -2.26. The summed E-state index contributed by atoms with van der Waals surface area (Å²) in [6.45, 7) is 3.99. The Morgan fingerprint density at radius 2 is 1.85 bits per heavy atom. The van der Waals surface area contributed by atoms with E-state index in [1.807, 2.05) is 13.0 Å². The van der Waals surface area contributed by atoms with Crippen LogP contribution in [0.25, 0.3) is 0 Å². The molecule has 0 spiro atoms. The van der Waals surface area contributed by atoms with Crippen molar-refractivity contribution in [3.05, 3.63) is 54.1 Å². The first-order valence-electron chi connectivity index (χ1n) is 8.62. The molecule has 0 aliphatic carbocycles. The number of hydrogen-bond acceptors (Lipinski definition) is 5. The van der Waals surface area contributed by atoms with E-state index >= 15 is 0 Å². The van der Waals surface area contributed by atoms with Crippen LogP contribution in [0, 0.1) is 6.92 Å². The van der Waals surface area contributed by atoms with E-state index in [0.717, 1.165) is 5.56 Å². The van der Waals surface area contributed by atoms with Gasteiger partial charge in [-0.15, -0.1) is 0 Å². The number of ether oxygens (including phenoxy) is 2. The van der Waals surface area contributed by atoms with Gasteiger partial charge in [-0.3, -0.25) is 9.52 Å². The Hall–Kier alpha value is -2.58. The summed E-state index contributed by atoms with van der Waals surface area (Å²) in [5.74, 6) is 0.322. The van der Waals surface area contributed by atoms with E-state index in [1.54, 1.807) is 23.1 Å². The summed E-state index contributed by atoms with van der Waals surface area (Å²) < 4.78 is 38.2. The first kappa shape index (κ1) is 19.2. The van der Waals surface area contributed by atoms with Gasteiger partial charge < -0.3 is 14.4 Å². The molecular formula is C19H22N2O5S. The largest absolute Gasteiger partial charge is 0.484 e. The van der Waals surface area contributed by atoms with E-state index in [2.05, 4.69) is 4.72 Å². The van der Waals surface area contributed by atoms with Crippen LogP contribution < -0.4 is 9.46 Å². The molecule has 144 valence electrons. The number of sulfonamides is 1. The number of amides is 1. The normalized spacial score (nSPS) is 14.6. The first-order valence-corrected chi connectivity index (χ1v) is 10.1. The summed E-state index contributed by atoms with van der Waals surface area (Å²) in [7, 11) is -3.69. The molecular weight excluding hydrogens is 368 g/mol. The zero-order valence-electron chi connectivity index (χ0n) is 15.1. The molecule has 0 radical (unpaired) electrons. The third kappa shape index (κ3) is 5.21. The Morgan fingerprint density at radius 1 is 1.15 bits per heavy atom. The highest BCUT2D eigenvalue weighted by Gasteiger charge is 2.18. The predicted molar refractivity (Wildman–Crippen MR) is 101 cm³/mol. The fourth-order valence-electron chi connectivity index (χ4n) is 2.69. The lowest BCUT2D eigenvalue weighted by molar-refractivity contribution is -0.137. The molecule has 2 aromatic rings. The Kier molecular flexibility index (Phi) is 5.98. The van der Waals surface area contributed by atoms with Gasteiger partial charge in [0.2, 0.25) is 0 Å². The van der Waals surface area contributed by atoms with Crippen molar-refractivity contribution in [1.29, 1.82) is 0 Å². The second kappa shape index (κ2) is 8.41. The molecule has 1 aliphatic heterocycles. The number of nitrogens with one attached hydrogen (secondary N) is 1. The maximum absolute atomic E-state index is 12.5. The molecule has 8 heteroatoms. The summed E-state index contributed by atoms with van der Waals surface area (Å²) in [4.78, 5) is 13.9. The molecule has 1 aliphatic rings. The van der Waals surface area contributed by atoms with Crippen LogP contribution in [0.15, 0.2) is 53.4 Å². The molecule has 0 unspecified atom stereocenters. The van der Waals surface area contributed by atoms with E-state index in [1.165, 1.54) is 24.3 Å². The summed E-state index contributed by atoms with van der Waals surface area (Å²) in [6, 6.07) is 13.1. The van der Waals surface area contributed by atoms with Crippen LogP contribution in [0.5, 0.6) is 5.75 Å². The van der Waals surface area contributed by atoms with Gasteiger partial charge >= 0.3 is 0 Å². The molecule has 7 nitrogen and oxygen atoms in total. The number of benzene rings is 2. The van der Waals surface area contributed by atoms with Crippen LogP contribution in [0.2, 0.25) is 0 Å². The highest BCUT2D eigenvalue weighted by atomic mass is 32.2. The first-order chi connectivity index (χ1) is 12.9. The zero-order valence-corrected chi connectivity index (χ0v) is 15.9. The van der Waals surface area contributed by atoms with Crippen molar-refractivity contribution >= 4 is 21.6 Å². The average Bonchev–Trinajstić information content (AvgIpc) is 2.67. The number of nitrogens with zero attached hydrogens (tertiary/aromatic N) is 1. The van der Waals surface area contributed by atoms with Gasteiger partial charge in [0, 0.05) is 18.8 Å². The van der Waals surface area contributed by atoms with Crippen LogP contribution in [-0.4, -0.2) is 52.1 Å². The second-order valence-electron chi connectivity index (χ2n) is 6.23. The van der Waals surface area contributed by atoms with Gasteiger partial charge in [0.25, 0.3) is 15.9 Å². The molecule has 1 N–H and O–H groups in total. The fourth-order valence-corrected chi connectivity index (χ4v) is 3.74. The molecule has 0 bridgehead atoms. The van der Waals surface area contributed by atoms with Crippen LogP contribution in [0.4, 0.5) is 5.69 Å². The average molecular weight is 390 g/mol. The maximum Gasteiger partial charge on any atom is 0.261 e. The van der Waals surface area contributed by atoms with Crippen LogP contribution in [-0.2, 0) is 19.6 Å². The molecule has 3 rings (SSSR count). The summed E-state index contributed by atoms with van der Waals surface area (Å²) in [5, 5.41) is 0. The van der Waals surface area contributed by atoms with Gasteiger partial charge in [0.05, 0.1) is 18.1 Å². The minimum absolute atomic E-state index is 0.0896. The van der Waals surface area contributed by atoms with Crippen molar-refractivity contribution in [2.45, 2.75) is 11.8 Å². The third-order valence-corrected chi connectivity index (χ3v) is 5.53. The van der Waals surface area contributed by atoms with Crippen molar-refractivity contribution in [2.75, 3.05) is 37.6 Å². The molecule has 0 atom stereocenters. The smallest absolute Gasteiger partial charge is 0.261 e. The molecule has 1 saturated heterocycles. The number of rotatable bonds is 6. The highest BCUT2D eigenvalue weighted by molar-refractivity contribution is 7.92. The minimum Gasteiger partial charge on any atom is -0.484 e. The Balaban J connectivity index is 1.59. The molecule has 0 saturated carbocycles.